The molecule has 1 amide bonds. The van der Waals surface area contributed by atoms with Crippen molar-refractivity contribution in [3.8, 4) is 11.8 Å². The SMILES string of the molecule is CN(CC#N)C(=O)c1ccc(I)c(O)c1. The molecule has 0 radical (unpaired) electrons. The van der Waals surface area contributed by atoms with Crippen LogP contribution in [-0.4, -0.2) is 29.5 Å². The summed E-state index contributed by atoms with van der Waals surface area (Å²) in [4.78, 5) is 13.0. The molecular weight excluding hydrogens is 307 g/mol. The van der Waals surface area contributed by atoms with Crippen molar-refractivity contribution in [3.63, 3.8) is 0 Å². The van der Waals surface area contributed by atoms with Gasteiger partial charge in [-0.2, -0.15) is 5.26 Å². The van der Waals surface area contributed by atoms with Crippen LogP contribution >= 0.6 is 22.6 Å². The van der Waals surface area contributed by atoms with E-state index in [4.69, 9.17) is 5.26 Å². The molecule has 0 atom stereocenters. The average Bonchev–Trinajstić information content (AvgIpc) is 2.21. The predicted molar refractivity (Wildman–Crippen MR) is 63.4 cm³/mol. The first-order valence-corrected chi connectivity index (χ1v) is 5.25. The number of hydrogen-bond donors (Lipinski definition) is 1. The molecule has 0 heterocycles. The zero-order valence-electron chi connectivity index (χ0n) is 8.07. The fraction of sp³-hybridized carbons (Fsp3) is 0.200. The quantitative estimate of drug-likeness (QED) is 0.666. The highest BCUT2D eigenvalue weighted by molar-refractivity contribution is 14.1. The molecule has 78 valence electrons. The molecule has 0 aromatic heterocycles. The second-order valence-corrected chi connectivity index (χ2v) is 4.15. The Morgan fingerprint density at radius 2 is 2.33 bits per heavy atom. The zero-order valence-corrected chi connectivity index (χ0v) is 10.2. The van der Waals surface area contributed by atoms with Crippen LogP contribution in [0.2, 0.25) is 0 Å². The van der Waals surface area contributed by atoms with Gasteiger partial charge in [0.2, 0.25) is 0 Å². The van der Waals surface area contributed by atoms with Gasteiger partial charge in [-0.15, -0.1) is 0 Å². The Balaban J connectivity index is 2.93. The van der Waals surface area contributed by atoms with Crippen molar-refractivity contribution in [1.82, 2.24) is 4.90 Å². The summed E-state index contributed by atoms with van der Waals surface area (Å²) in [5.41, 5.74) is 0.380. The molecule has 0 bridgehead atoms. The van der Waals surface area contributed by atoms with E-state index in [-0.39, 0.29) is 18.2 Å². The van der Waals surface area contributed by atoms with E-state index in [1.807, 2.05) is 28.7 Å². The Morgan fingerprint density at radius 3 is 2.87 bits per heavy atom. The molecule has 0 fully saturated rings. The Labute approximate surface area is 101 Å². The van der Waals surface area contributed by atoms with E-state index in [1.54, 1.807) is 19.2 Å². The third-order valence-electron chi connectivity index (χ3n) is 1.85. The van der Waals surface area contributed by atoms with Crippen LogP contribution < -0.4 is 0 Å². The Morgan fingerprint density at radius 1 is 1.67 bits per heavy atom. The Bertz CT molecular complexity index is 426. The minimum absolute atomic E-state index is 0.0333. The van der Waals surface area contributed by atoms with Gasteiger partial charge in [0.05, 0.1) is 9.64 Å². The number of amides is 1. The van der Waals surface area contributed by atoms with Crippen LogP contribution in [-0.2, 0) is 0 Å². The highest BCUT2D eigenvalue weighted by Gasteiger charge is 2.12. The van der Waals surface area contributed by atoms with Gasteiger partial charge >= 0.3 is 0 Å². The smallest absolute Gasteiger partial charge is 0.254 e. The maximum atomic E-state index is 11.7. The normalized spacial score (nSPS) is 9.40. The van der Waals surface area contributed by atoms with Crippen molar-refractivity contribution >= 4 is 28.5 Å². The topological polar surface area (TPSA) is 64.3 Å². The molecule has 5 heteroatoms. The number of rotatable bonds is 2. The molecule has 0 aliphatic rings. The maximum Gasteiger partial charge on any atom is 0.254 e. The van der Waals surface area contributed by atoms with E-state index in [1.165, 1.54) is 11.0 Å². The summed E-state index contributed by atoms with van der Waals surface area (Å²) in [6.07, 6.45) is 0. The second-order valence-electron chi connectivity index (χ2n) is 2.99. The van der Waals surface area contributed by atoms with Gasteiger partial charge in [-0.05, 0) is 40.8 Å². The van der Waals surface area contributed by atoms with Crippen molar-refractivity contribution in [2.45, 2.75) is 0 Å². The lowest BCUT2D eigenvalue weighted by molar-refractivity contribution is 0.0811. The summed E-state index contributed by atoms with van der Waals surface area (Å²) in [5.74, 6) is -0.199. The van der Waals surface area contributed by atoms with Crippen LogP contribution in [0.5, 0.6) is 5.75 Å². The fourth-order valence-corrected chi connectivity index (χ4v) is 1.38. The second kappa shape index (κ2) is 4.98. The molecular formula is C10H9IN2O2. The van der Waals surface area contributed by atoms with E-state index in [9.17, 15) is 9.90 Å². The van der Waals surface area contributed by atoms with E-state index in [2.05, 4.69) is 0 Å². The summed E-state index contributed by atoms with van der Waals surface area (Å²) in [6, 6.07) is 6.56. The first kappa shape index (κ1) is 11.8. The van der Waals surface area contributed by atoms with E-state index in [0.29, 0.717) is 9.13 Å². The van der Waals surface area contributed by atoms with E-state index >= 15 is 0 Å². The molecule has 1 aromatic carbocycles. The van der Waals surface area contributed by atoms with Gasteiger partial charge < -0.3 is 10.0 Å². The fourth-order valence-electron chi connectivity index (χ4n) is 1.04. The van der Waals surface area contributed by atoms with Gasteiger partial charge in [0.15, 0.2) is 0 Å². The molecule has 0 saturated heterocycles. The zero-order chi connectivity index (χ0) is 11.4. The van der Waals surface area contributed by atoms with Crippen molar-refractivity contribution in [2.75, 3.05) is 13.6 Å². The molecule has 1 N–H and O–H groups in total. The minimum atomic E-state index is -0.275. The van der Waals surface area contributed by atoms with E-state index < -0.39 is 0 Å². The highest BCUT2D eigenvalue weighted by Crippen LogP contribution is 2.20. The van der Waals surface area contributed by atoms with Gasteiger partial charge in [-0.1, -0.05) is 0 Å². The number of carbonyl (C=O) groups is 1. The first-order valence-electron chi connectivity index (χ1n) is 4.17. The molecule has 0 saturated carbocycles. The number of halogens is 1. The summed E-state index contributed by atoms with van der Waals surface area (Å²) in [5, 5.41) is 17.9. The van der Waals surface area contributed by atoms with Crippen LogP contribution in [0.3, 0.4) is 0 Å². The molecule has 0 unspecified atom stereocenters. The largest absolute Gasteiger partial charge is 0.507 e. The van der Waals surface area contributed by atoms with Crippen molar-refractivity contribution in [2.24, 2.45) is 0 Å². The standard InChI is InChI=1S/C10H9IN2O2/c1-13(5-4-12)10(15)7-2-3-8(11)9(14)6-7/h2-3,6,14H,5H2,1H3. The van der Waals surface area contributed by atoms with Gasteiger partial charge in [0, 0.05) is 12.6 Å². The minimum Gasteiger partial charge on any atom is -0.507 e. The number of hydrogen-bond acceptors (Lipinski definition) is 3. The summed E-state index contributed by atoms with van der Waals surface area (Å²) in [7, 11) is 1.54. The number of nitrogens with zero attached hydrogens (tertiary/aromatic N) is 2. The predicted octanol–water partition coefficient (Wildman–Crippen LogP) is 1.59. The molecule has 15 heavy (non-hydrogen) atoms. The van der Waals surface area contributed by atoms with Crippen LogP contribution in [0.15, 0.2) is 18.2 Å². The van der Waals surface area contributed by atoms with Crippen LogP contribution in [0.4, 0.5) is 0 Å². The number of carbonyl (C=O) groups excluding carboxylic acids is 1. The lowest BCUT2D eigenvalue weighted by Gasteiger charge is -2.13. The lowest BCUT2D eigenvalue weighted by atomic mass is 10.2. The lowest BCUT2D eigenvalue weighted by Crippen LogP contribution is -2.26. The average molecular weight is 316 g/mol. The molecule has 1 aromatic rings. The Hall–Kier alpha value is -1.29. The maximum absolute atomic E-state index is 11.7. The number of aromatic hydroxyl groups is 1. The highest BCUT2D eigenvalue weighted by atomic mass is 127. The number of nitriles is 1. The van der Waals surface area contributed by atoms with E-state index in [0.717, 1.165) is 0 Å². The number of phenolic OH excluding ortho intramolecular Hbond substituents is 1. The Kier molecular flexibility index (Phi) is 3.91. The van der Waals surface area contributed by atoms with Crippen molar-refractivity contribution in [3.05, 3.63) is 27.3 Å². The van der Waals surface area contributed by atoms with Crippen LogP contribution in [0.1, 0.15) is 10.4 Å². The third kappa shape index (κ3) is 2.83. The monoisotopic (exact) mass is 316 g/mol. The number of benzene rings is 1. The summed E-state index contributed by atoms with van der Waals surface area (Å²) in [6.45, 7) is 0.0333. The van der Waals surface area contributed by atoms with Crippen molar-refractivity contribution in [1.29, 1.82) is 5.26 Å². The summed E-state index contributed by atoms with van der Waals surface area (Å²) < 4.78 is 0.687. The van der Waals surface area contributed by atoms with Crippen molar-refractivity contribution < 1.29 is 9.90 Å². The third-order valence-corrected chi connectivity index (χ3v) is 2.76. The first-order chi connectivity index (χ1) is 7.06. The van der Waals surface area contributed by atoms with Crippen LogP contribution in [0.25, 0.3) is 0 Å². The number of phenols is 1. The molecule has 0 aliphatic heterocycles. The molecule has 4 nitrogen and oxygen atoms in total. The summed E-state index contributed by atoms with van der Waals surface area (Å²) >= 11 is 1.97. The van der Waals surface area contributed by atoms with Gasteiger partial charge in [-0.3, -0.25) is 4.79 Å². The van der Waals surface area contributed by atoms with Crippen LogP contribution in [0, 0.1) is 14.9 Å². The molecule has 0 spiro atoms. The molecule has 1 rings (SSSR count). The van der Waals surface area contributed by atoms with Gasteiger partial charge in [0.25, 0.3) is 5.91 Å². The molecule has 0 aliphatic carbocycles. The van der Waals surface area contributed by atoms with Gasteiger partial charge in [-0.25, -0.2) is 0 Å². The van der Waals surface area contributed by atoms with Gasteiger partial charge in [0.1, 0.15) is 12.3 Å².